The Kier molecular flexibility index (Phi) is 5.33. The van der Waals surface area contributed by atoms with Gasteiger partial charge in [0.15, 0.2) is 0 Å². The van der Waals surface area contributed by atoms with E-state index in [1.54, 1.807) is 25.1 Å². The minimum absolute atomic E-state index is 0.0635. The molecule has 0 saturated heterocycles. The van der Waals surface area contributed by atoms with Crippen LogP contribution in [-0.4, -0.2) is 27.4 Å². The van der Waals surface area contributed by atoms with E-state index >= 15 is 0 Å². The number of carbonyl (C=O) groups is 1. The van der Waals surface area contributed by atoms with Crippen molar-refractivity contribution in [3.63, 3.8) is 0 Å². The molecule has 0 saturated carbocycles. The van der Waals surface area contributed by atoms with Gasteiger partial charge in [-0.25, -0.2) is 12.8 Å². The van der Waals surface area contributed by atoms with Gasteiger partial charge in [-0.2, -0.15) is 0 Å². The van der Waals surface area contributed by atoms with Crippen LogP contribution in [0.3, 0.4) is 0 Å². The van der Waals surface area contributed by atoms with Crippen LogP contribution in [0.1, 0.15) is 6.92 Å². The number of benzene rings is 2. The van der Waals surface area contributed by atoms with E-state index in [9.17, 15) is 17.6 Å². The van der Waals surface area contributed by atoms with Gasteiger partial charge in [0.1, 0.15) is 12.4 Å². The summed E-state index contributed by atoms with van der Waals surface area (Å²) in [5.74, 6) is -0.917. The van der Waals surface area contributed by atoms with E-state index in [2.05, 4.69) is 5.32 Å². The molecule has 1 N–H and O–H groups in total. The van der Waals surface area contributed by atoms with Crippen molar-refractivity contribution >= 4 is 21.6 Å². The average Bonchev–Trinajstić information content (AvgIpc) is 2.55. The highest BCUT2D eigenvalue weighted by Crippen LogP contribution is 2.23. The molecule has 0 atom stereocenters. The van der Waals surface area contributed by atoms with Crippen molar-refractivity contribution in [2.24, 2.45) is 0 Å². The van der Waals surface area contributed by atoms with Gasteiger partial charge in [-0.15, -0.1) is 0 Å². The lowest BCUT2D eigenvalue weighted by Crippen LogP contribution is -2.40. The SMILES string of the molecule is CCNC(=O)CN(c1ccc(F)cc1)S(=O)(=O)c1ccccc1. The van der Waals surface area contributed by atoms with Gasteiger partial charge in [0.2, 0.25) is 5.91 Å². The zero-order valence-corrected chi connectivity index (χ0v) is 13.4. The molecule has 0 fully saturated rings. The van der Waals surface area contributed by atoms with E-state index in [1.165, 1.54) is 24.3 Å². The Morgan fingerprint density at radius 1 is 1.09 bits per heavy atom. The van der Waals surface area contributed by atoms with Crippen LogP contribution >= 0.6 is 0 Å². The van der Waals surface area contributed by atoms with Crippen LogP contribution < -0.4 is 9.62 Å². The summed E-state index contributed by atoms with van der Waals surface area (Å²) in [6.45, 7) is 1.75. The number of rotatable bonds is 6. The number of sulfonamides is 1. The highest BCUT2D eigenvalue weighted by molar-refractivity contribution is 7.92. The second-order valence-electron chi connectivity index (χ2n) is 4.75. The second-order valence-corrected chi connectivity index (χ2v) is 6.62. The lowest BCUT2D eigenvalue weighted by Gasteiger charge is -2.24. The van der Waals surface area contributed by atoms with Crippen LogP contribution in [0.5, 0.6) is 0 Å². The first-order valence-electron chi connectivity index (χ1n) is 7.05. The number of hydrogen-bond acceptors (Lipinski definition) is 3. The fourth-order valence-electron chi connectivity index (χ4n) is 2.03. The molecular weight excluding hydrogens is 319 g/mol. The molecule has 2 rings (SSSR count). The van der Waals surface area contributed by atoms with Crippen LogP contribution in [0.15, 0.2) is 59.5 Å². The molecule has 0 unspecified atom stereocenters. The van der Waals surface area contributed by atoms with Crippen molar-refractivity contribution < 1.29 is 17.6 Å². The molecule has 23 heavy (non-hydrogen) atoms. The summed E-state index contributed by atoms with van der Waals surface area (Å²) < 4.78 is 39.7. The van der Waals surface area contributed by atoms with E-state index in [1.807, 2.05) is 0 Å². The van der Waals surface area contributed by atoms with Crippen molar-refractivity contribution in [1.82, 2.24) is 5.32 Å². The Labute approximate surface area is 134 Å². The number of nitrogens with zero attached hydrogens (tertiary/aromatic N) is 1. The Balaban J connectivity index is 2.44. The largest absolute Gasteiger partial charge is 0.355 e. The zero-order valence-electron chi connectivity index (χ0n) is 12.6. The first-order valence-corrected chi connectivity index (χ1v) is 8.49. The van der Waals surface area contributed by atoms with E-state index in [0.29, 0.717) is 6.54 Å². The van der Waals surface area contributed by atoms with Crippen LogP contribution in [0.4, 0.5) is 10.1 Å². The maximum atomic E-state index is 13.1. The molecular formula is C16H17FN2O3S. The summed E-state index contributed by atoms with van der Waals surface area (Å²) in [7, 11) is -3.93. The number of likely N-dealkylation sites (N-methyl/N-ethyl adjacent to an activating group) is 1. The molecule has 5 nitrogen and oxygen atoms in total. The topological polar surface area (TPSA) is 66.5 Å². The average molecular weight is 336 g/mol. The maximum absolute atomic E-state index is 13.1. The normalized spacial score (nSPS) is 11.0. The van der Waals surface area contributed by atoms with E-state index in [4.69, 9.17) is 0 Å². The number of anilines is 1. The van der Waals surface area contributed by atoms with Crippen molar-refractivity contribution in [3.05, 3.63) is 60.4 Å². The minimum atomic E-state index is -3.93. The standard InChI is InChI=1S/C16H17FN2O3S/c1-2-18-16(20)12-19(14-10-8-13(17)9-11-14)23(21,22)15-6-4-3-5-7-15/h3-11H,2,12H2,1H3,(H,18,20). The lowest BCUT2D eigenvalue weighted by atomic mass is 10.3. The zero-order chi connectivity index (χ0) is 16.9. The molecule has 0 aliphatic carbocycles. The van der Waals surface area contributed by atoms with Gasteiger partial charge < -0.3 is 5.32 Å². The molecule has 0 aromatic heterocycles. The van der Waals surface area contributed by atoms with Crippen molar-refractivity contribution in [2.45, 2.75) is 11.8 Å². The third-order valence-corrected chi connectivity index (χ3v) is 4.90. The van der Waals surface area contributed by atoms with Gasteiger partial charge in [0, 0.05) is 6.54 Å². The fourth-order valence-corrected chi connectivity index (χ4v) is 3.47. The summed E-state index contributed by atoms with van der Waals surface area (Å²) in [4.78, 5) is 11.9. The first-order chi connectivity index (χ1) is 10.9. The molecule has 0 radical (unpaired) electrons. The summed E-state index contributed by atoms with van der Waals surface area (Å²) in [6.07, 6.45) is 0. The maximum Gasteiger partial charge on any atom is 0.264 e. The van der Waals surface area contributed by atoms with E-state index in [-0.39, 0.29) is 17.1 Å². The second kappa shape index (κ2) is 7.23. The van der Waals surface area contributed by atoms with Gasteiger partial charge in [-0.3, -0.25) is 9.10 Å². The third kappa shape index (κ3) is 4.07. The predicted molar refractivity (Wildman–Crippen MR) is 86.1 cm³/mol. The van der Waals surface area contributed by atoms with Gasteiger partial charge in [0.25, 0.3) is 10.0 Å². The van der Waals surface area contributed by atoms with Gasteiger partial charge in [0.05, 0.1) is 10.6 Å². The molecule has 122 valence electrons. The van der Waals surface area contributed by atoms with E-state index < -0.39 is 21.7 Å². The molecule has 0 bridgehead atoms. The fraction of sp³-hybridized carbons (Fsp3) is 0.188. The lowest BCUT2D eigenvalue weighted by molar-refractivity contribution is -0.119. The van der Waals surface area contributed by atoms with Crippen LogP contribution in [0.2, 0.25) is 0 Å². The molecule has 2 aromatic rings. The Morgan fingerprint density at radius 3 is 2.26 bits per heavy atom. The first kappa shape index (κ1) is 17.0. The number of amides is 1. The Bertz CT molecular complexity index is 762. The smallest absolute Gasteiger partial charge is 0.264 e. The highest BCUT2D eigenvalue weighted by Gasteiger charge is 2.26. The van der Waals surface area contributed by atoms with Crippen LogP contribution in [0.25, 0.3) is 0 Å². The van der Waals surface area contributed by atoms with E-state index in [0.717, 1.165) is 16.4 Å². The molecule has 7 heteroatoms. The summed E-state index contributed by atoms with van der Waals surface area (Å²) in [5.41, 5.74) is 0.224. The Morgan fingerprint density at radius 2 is 1.70 bits per heavy atom. The third-order valence-electron chi connectivity index (χ3n) is 3.11. The quantitative estimate of drug-likeness (QED) is 0.879. The van der Waals surface area contributed by atoms with Gasteiger partial charge >= 0.3 is 0 Å². The molecule has 0 spiro atoms. The van der Waals surface area contributed by atoms with Gasteiger partial charge in [-0.1, -0.05) is 18.2 Å². The number of hydrogen-bond donors (Lipinski definition) is 1. The molecule has 0 aliphatic heterocycles. The molecule has 2 aromatic carbocycles. The molecule has 0 aliphatic rings. The summed E-state index contributed by atoms with van der Waals surface area (Å²) in [6, 6.07) is 12.8. The summed E-state index contributed by atoms with van der Waals surface area (Å²) in [5, 5.41) is 2.56. The monoisotopic (exact) mass is 336 g/mol. The number of carbonyl (C=O) groups excluding carboxylic acids is 1. The molecule has 0 heterocycles. The highest BCUT2D eigenvalue weighted by atomic mass is 32.2. The van der Waals surface area contributed by atoms with Crippen molar-refractivity contribution in [1.29, 1.82) is 0 Å². The minimum Gasteiger partial charge on any atom is -0.355 e. The number of nitrogens with one attached hydrogen (secondary N) is 1. The van der Waals surface area contributed by atoms with Crippen molar-refractivity contribution in [2.75, 3.05) is 17.4 Å². The predicted octanol–water partition coefficient (Wildman–Crippen LogP) is 2.16. The molecule has 1 amide bonds. The summed E-state index contributed by atoms with van der Waals surface area (Å²) >= 11 is 0. The van der Waals surface area contributed by atoms with Crippen molar-refractivity contribution in [3.8, 4) is 0 Å². The van der Waals surface area contributed by atoms with Crippen LogP contribution in [-0.2, 0) is 14.8 Å². The van der Waals surface area contributed by atoms with Crippen LogP contribution in [0, 0.1) is 5.82 Å². The Hall–Kier alpha value is -2.41. The number of halogens is 1. The van der Waals surface area contributed by atoms with Gasteiger partial charge in [-0.05, 0) is 43.3 Å².